The highest BCUT2D eigenvalue weighted by atomic mass is 16.6. The zero-order valence-corrected chi connectivity index (χ0v) is 17.4. The summed E-state index contributed by atoms with van der Waals surface area (Å²) < 4.78 is 5.17. The molecular weight excluding hydrogens is 376 g/mol. The molecule has 5 nitrogen and oxygen atoms in total. The monoisotopic (exact) mass is 402 g/mol. The summed E-state index contributed by atoms with van der Waals surface area (Å²) in [5, 5.41) is 5.65. The summed E-state index contributed by atoms with van der Waals surface area (Å²) in [7, 11) is 0. The van der Waals surface area contributed by atoms with E-state index in [-0.39, 0.29) is 12.0 Å². The zero-order valence-electron chi connectivity index (χ0n) is 17.4. The lowest BCUT2D eigenvalue weighted by molar-refractivity contribution is -0.118. The van der Waals surface area contributed by atoms with Gasteiger partial charge in [-0.1, -0.05) is 72.8 Å². The van der Waals surface area contributed by atoms with Gasteiger partial charge in [-0.05, 0) is 49.1 Å². The van der Waals surface area contributed by atoms with Gasteiger partial charge in [0, 0.05) is 5.69 Å². The Morgan fingerprint density at radius 3 is 2.10 bits per heavy atom. The molecule has 1 atom stereocenters. The van der Waals surface area contributed by atoms with Crippen LogP contribution in [0.2, 0.25) is 0 Å². The number of benzene rings is 3. The first-order chi connectivity index (χ1) is 14.4. The minimum atomic E-state index is -0.878. The van der Waals surface area contributed by atoms with Crippen LogP contribution in [0.15, 0.2) is 78.9 Å². The van der Waals surface area contributed by atoms with Crippen molar-refractivity contribution in [3.63, 3.8) is 0 Å². The molecule has 0 aromatic heterocycles. The van der Waals surface area contributed by atoms with E-state index in [1.54, 1.807) is 26.0 Å². The summed E-state index contributed by atoms with van der Waals surface area (Å²) in [6, 6.07) is 24.1. The highest BCUT2D eigenvalue weighted by Crippen LogP contribution is 2.26. The van der Waals surface area contributed by atoms with Crippen LogP contribution in [0.4, 0.5) is 10.5 Å². The number of rotatable bonds is 6. The Morgan fingerprint density at radius 1 is 0.833 bits per heavy atom. The normalized spacial score (nSPS) is 11.6. The number of aryl methyl sites for hydroxylation is 1. The van der Waals surface area contributed by atoms with Crippen molar-refractivity contribution >= 4 is 17.7 Å². The Balaban J connectivity index is 1.86. The smallest absolute Gasteiger partial charge is 0.408 e. The van der Waals surface area contributed by atoms with Gasteiger partial charge in [-0.3, -0.25) is 4.79 Å². The molecule has 0 aliphatic rings. The molecule has 30 heavy (non-hydrogen) atoms. The molecule has 0 saturated carbocycles. The lowest BCUT2D eigenvalue weighted by Crippen LogP contribution is -2.38. The van der Waals surface area contributed by atoms with E-state index in [0.717, 1.165) is 16.7 Å². The number of nitrogens with one attached hydrogen (secondary N) is 2. The van der Waals surface area contributed by atoms with Gasteiger partial charge >= 0.3 is 6.09 Å². The quantitative estimate of drug-likeness (QED) is 0.574. The van der Waals surface area contributed by atoms with Gasteiger partial charge in [-0.2, -0.15) is 0 Å². The third kappa shape index (κ3) is 5.47. The summed E-state index contributed by atoms with van der Waals surface area (Å²) >= 11 is 0. The highest BCUT2D eigenvalue weighted by molar-refractivity contribution is 5.98. The number of hydrogen-bond donors (Lipinski definition) is 2. The first kappa shape index (κ1) is 21.1. The van der Waals surface area contributed by atoms with E-state index in [4.69, 9.17) is 4.74 Å². The molecule has 0 fully saturated rings. The van der Waals surface area contributed by atoms with E-state index < -0.39 is 12.1 Å². The number of anilines is 1. The minimum Gasteiger partial charge on any atom is -0.447 e. The average molecular weight is 402 g/mol. The Hall–Kier alpha value is -3.60. The number of alkyl carbamates (subject to hydrolysis) is 1. The number of carbonyl (C=O) groups is 2. The van der Waals surface area contributed by atoms with Gasteiger partial charge in [0.15, 0.2) is 0 Å². The zero-order chi connectivity index (χ0) is 21.5. The van der Waals surface area contributed by atoms with E-state index >= 15 is 0 Å². The molecule has 154 valence electrons. The van der Waals surface area contributed by atoms with Crippen molar-refractivity contribution in [2.24, 2.45) is 0 Å². The topological polar surface area (TPSA) is 67.4 Å². The molecule has 1 unspecified atom stereocenters. The maximum Gasteiger partial charge on any atom is 0.408 e. The number of hydrogen-bond acceptors (Lipinski definition) is 3. The van der Waals surface area contributed by atoms with Crippen LogP contribution in [0.25, 0.3) is 11.1 Å². The second-order valence-corrected chi connectivity index (χ2v) is 7.33. The van der Waals surface area contributed by atoms with Gasteiger partial charge in [-0.25, -0.2) is 4.79 Å². The molecule has 2 amide bonds. The van der Waals surface area contributed by atoms with Crippen LogP contribution in [0, 0.1) is 6.92 Å². The first-order valence-corrected chi connectivity index (χ1v) is 9.93. The minimum absolute atomic E-state index is 0.283. The van der Waals surface area contributed by atoms with Crippen molar-refractivity contribution in [1.82, 2.24) is 5.32 Å². The molecule has 0 spiro atoms. The molecule has 0 saturated heterocycles. The van der Waals surface area contributed by atoms with Gasteiger partial charge in [0.05, 0.1) is 6.10 Å². The third-order valence-corrected chi connectivity index (χ3v) is 4.60. The van der Waals surface area contributed by atoms with Gasteiger partial charge < -0.3 is 15.4 Å². The molecule has 3 aromatic rings. The molecule has 5 heteroatoms. The molecule has 3 aromatic carbocycles. The van der Waals surface area contributed by atoms with Gasteiger partial charge in [0.2, 0.25) is 0 Å². The van der Waals surface area contributed by atoms with Gasteiger partial charge in [0.1, 0.15) is 6.04 Å². The summed E-state index contributed by atoms with van der Waals surface area (Å²) in [6.45, 7) is 5.45. The Kier molecular flexibility index (Phi) is 6.86. The van der Waals surface area contributed by atoms with Crippen molar-refractivity contribution in [3.05, 3.63) is 90.0 Å². The summed E-state index contributed by atoms with van der Waals surface area (Å²) in [4.78, 5) is 25.3. The first-order valence-electron chi connectivity index (χ1n) is 9.93. The fraction of sp³-hybridized carbons (Fsp3) is 0.200. The highest BCUT2D eigenvalue weighted by Gasteiger charge is 2.24. The fourth-order valence-electron chi connectivity index (χ4n) is 3.08. The van der Waals surface area contributed by atoms with E-state index in [2.05, 4.69) is 10.6 Å². The fourth-order valence-corrected chi connectivity index (χ4v) is 3.08. The lowest BCUT2D eigenvalue weighted by atomic mass is 10.0. The van der Waals surface area contributed by atoms with E-state index in [0.29, 0.717) is 11.3 Å². The number of ether oxygens (including phenoxy) is 1. The molecule has 0 bridgehead atoms. The SMILES string of the molecule is Cc1ccc(-c2ccccc2)cc1NC(=O)C(NC(=O)OC(C)C)c1ccccc1. The summed E-state index contributed by atoms with van der Waals surface area (Å²) in [5.41, 5.74) is 4.36. The van der Waals surface area contributed by atoms with Crippen LogP contribution in [0.1, 0.15) is 31.0 Å². The second-order valence-electron chi connectivity index (χ2n) is 7.33. The van der Waals surface area contributed by atoms with Crippen LogP contribution in [-0.4, -0.2) is 18.1 Å². The predicted octanol–water partition coefficient (Wildman–Crippen LogP) is 5.48. The molecule has 0 aliphatic heterocycles. The maximum absolute atomic E-state index is 13.2. The van der Waals surface area contributed by atoms with E-state index in [1.807, 2.05) is 73.7 Å². The Labute approximate surface area is 177 Å². The maximum atomic E-state index is 13.2. The standard InChI is InChI=1S/C25H26N2O3/c1-17(2)30-25(29)27-23(20-12-8-5-9-13-20)24(28)26-22-16-21(15-14-18(22)3)19-10-6-4-7-11-19/h4-17,23H,1-3H3,(H,26,28)(H,27,29). The molecule has 0 aliphatic carbocycles. The predicted molar refractivity (Wildman–Crippen MR) is 119 cm³/mol. The summed E-state index contributed by atoms with van der Waals surface area (Å²) in [6.07, 6.45) is -0.918. The Morgan fingerprint density at radius 2 is 1.47 bits per heavy atom. The molecule has 0 heterocycles. The van der Waals surface area contributed by atoms with Gasteiger partial charge in [0.25, 0.3) is 5.91 Å². The largest absolute Gasteiger partial charge is 0.447 e. The molecule has 3 rings (SSSR count). The van der Waals surface area contributed by atoms with Crippen LogP contribution in [0.5, 0.6) is 0 Å². The van der Waals surface area contributed by atoms with Crippen molar-refractivity contribution in [3.8, 4) is 11.1 Å². The summed E-state index contributed by atoms with van der Waals surface area (Å²) in [5.74, 6) is -0.338. The van der Waals surface area contributed by atoms with Gasteiger partial charge in [-0.15, -0.1) is 0 Å². The number of carbonyl (C=O) groups excluding carboxylic acids is 2. The van der Waals surface area contributed by atoms with E-state index in [1.165, 1.54) is 0 Å². The average Bonchev–Trinajstić information content (AvgIpc) is 2.74. The third-order valence-electron chi connectivity index (χ3n) is 4.60. The molecule has 2 N–H and O–H groups in total. The van der Waals surface area contributed by atoms with E-state index in [9.17, 15) is 9.59 Å². The van der Waals surface area contributed by atoms with Crippen molar-refractivity contribution in [2.75, 3.05) is 5.32 Å². The van der Waals surface area contributed by atoms with Crippen LogP contribution in [-0.2, 0) is 9.53 Å². The van der Waals surface area contributed by atoms with Crippen LogP contribution in [0.3, 0.4) is 0 Å². The second kappa shape index (κ2) is 9.74. The van der Waals surface area contributed by atoms with Crippen LogP contribution >= 0.6 is 0 Å². The Bertz CT molecular complexity index is 1000. The number of amides is 2. The van der Waals surface area contributed by atoms with Crippen molar-refractivity contribution in [1.29, 1.82) is 0 Å². The van der Waals surface area contributed by atoms with Crippen LogP contribution < -0.4 is 10.6 Å². The van der Waals surface area contributed by atoms with Crippen molar-refractivity contribution in [2.45, 2.75) is 32.9 Å². The molecule has 0 radical (unpaired) electrons. The lowest BCUT2D eigenvalue weighted by Gasteiger charge is -2.20. The van der Waals surface area contributed by atoms with Crippen molar-refractivity contribution < 1.29 is 14.3 Å². The molecular formula is C25H26N2O3.